The van der Waals surface area contributed by atoms with Crippen LogP contribution in [0.2, 0.25) is 0 Å². The third-order valence-electron chi connectivity index (χ3n) is 4.28. The van der Waals surface area contributed by atoms with E-state index < -0.39 is 28.3 Å². The maximum atomic E-state index is 11.4. The van der Waals surface area contributed by atoms with E-state index in [-0.39, 0.29) is 11.5 Å². The molecule has 6 nitrogen and oxygen atoms in total. The van der Waals surface area contributed by atoms with Crippen molar-refractivity contribution in [3.63, 3.8) is 0 Å². The fourth-order valence-electron chi connectivity index (χ4n) is 2.18. The maximum absolute atomic E-state index is 11.4. The van der Waals surface area contributed by atoms with Crippen molar-refractivity contribution >= 4 is 23.2 Å². The molecule has 1 aliphatic heterocycles. The van der Waals surface area contributed by atoms with Gasteiger partial charge >= 0.3 is 7.12 Å². The highest BCUT2D eigenvalue weighted by molar-refractivity contribution is 7.89. The van der Waals surface area contributed by atoms with Crippen LogP contribution in [0.4, 0.5) is 0 Å². The molecule has 0 aliphatic carbocycles. The number of benzene rings is 1. The van der Waals surface area contributed by atoms with Gasteiger partial charge in [0.05, 0.1) is 22.7 Å². The summed E-state index contributed by atoms with van der Waals surface area (Å²) in [4.78, 5) is 0.0115. The summed E-state index contributed by atoms with van der Waals surface area (Å²) >= 11 is 0. The first-order chi connectivity index (χ1) is 10.5. The second-order valence-corrected chi connectivity index (χ2v) is 8.14. The van der Waals surface area contributed by atoms with E-state index in [4.69, 9.17) is 14.4 Å². The zero-order valence-electron chi connectivity index (χ0n) is 13.7. The Kier molecular flexibility index (Phi) is 4.76. The molecule has 1 aromatic carbocycles. The van der Waals surface area contributed by atoms with Gasteiger partial charge in [-0.2, -0.15) is 0 Å². The van der Waals surface area contributed by atoms with E-state index >= 15 is 0 Å². The number of nitrogens with two attached hydrogens (primary N) is 1. The first kappa shape index (κ1) is 18.2. The van der Waals surface area contributed by atoms with Crippen LogP contribution in [0.3, 0.4) is 0 Å². The summed E-state index contributed by atoms with van der Waals surface area (Å²) in [6.07, 6.45) is 1.65. The van der Waals surface area contributed by atoms with Gasteiger partial charge in [-0.15, -0.1) is 0 Å². The van der Waals surface area contributed by atoms with Gasteiger partial charge in [0.1, 0.15) is 0 Å². The molecular weight excluding hydrogens is 317 g/mol. The van der Waals surface area contributed by atoms with Gasteiger partial charge in [-0.1, -0.05) is 18.2 Å². The monoisotopic (exact) mass is 339 g/mol. The van der Waals surface area contributed by atoms with Crippen molar-refractivity contribution in [2.24, 2.45) is 5.14 Å². The van der Waals surface area contributed by atoms with Gasteiger partial charge < -0.3 is 14.4 Å². The number of sulfonamides is 1. The summed E-state index contributed by atoms with van der Waals surface area (Å²) in [6, 6.07) is 6.16. The van der Waals surface area contributed by atoms with E-state index in [9.17, 15) is 13.5 Å². The topological polar surface area (TPSA) is 98.9 Å². The summed E-state index contributed by atoms with van der Waals surface area (Å²) in [5.41, 5.74) is 0.0634. The Hall–Kier alpha value is -1.19. The van der Waals surface area contributed by atoms with Crippen LogP contribution in [-0.2, 0) is 19.3 Å². The van der Waals surface area contributed by atoms with Crippen LogP contribution < -0.4 is 5.14 Å². The Morgan fingerprint density at radius 2 is 1.83 bits per heavy atom. The number of aliphatic hydroxyl groups excluding tert-OH is 1. The number of rotatable bonds is 4. The summed E-state index contributed by atoms with van der Waals surface area (Å²) in [7, 11) is -4.47. The Balaban J connectivity index is 2.34. The lowest BCUT2D eigenvalue weighted by Crippen LogP contribution is -2.41. The fourth-order valence-corrected chi connectivity index (χ4v) is 2.75. The maximum Gasteiger partial charge on any atom is 0.492 e. The standard InChI is InChI=1S/C15H22BNO5S/c1-14(2)15(3,4)22-16(21-14)12(10-18)8-11-6-5-7-13(9-11)23(17,19)20/h5-9,18H,10H2,1-4H3,(H2,17,19,20). The van der Waals surface area contributed by atoms with E-state index in [2.05, 4.69) is 0 Å². The van der Waals surface area contributed by atoms with Crippen molar-refractivity contribution in [2.45, 2.75) is 43.8 Å². The molecule has 23 heavy (non-hydrogen) atoms. The van der Waals surface area contributed by atoms with Crippen molar-refractivity contribution in [3.05, 3.63) is 35.3 Å². The van der Waals surface area contributed by atoms with E-state index in [0.717, 1.165) is 0 Å². The predicted octanol–water partition coefficient (Wildman–Crippen LogP) is 1.34. The quantitative estimate of drug-likeness (QED) is 0.807. The second-order valence-electron chi connectivity index (χ2n) is 6.58. The minimum atomic E-state index is -3.78. The SMILES string of the molecule is CC1(C)OB(C(=Cc2cccc(S(N)(=O)=O)c2)CO)OC1(C)C. The highest BCUT2D eigenvalue weighted by atomic mass is 32.2. The van der Waals surface area contributed by atoms with Gasteiger partial charge in [-0.25, -0.2) is 13.6 Å². The smallest absolute Gasteiger partial charge is 0.400 e. The molecule has 1 aromatic rings. The lowest BCUT2D eigenvalue weighted by molar-refractivity contribution is 0.00578. The minimum absolute atomic E-state index is 0.0115. The highest BCUT2D eigenvalue weighted by Crippen LogP contribution is 2.38. The Morgan fingerprint density at radius 3 is 2.30 bits per heavy atom. The van der Waals surface area contributed by atoms with E-state index in [0.29, 0.717) is 11.0 Å². The molecule has 0 bridgehead atoms. The van der Waals surface area contributed by atoms with Crippen LogP contribution in [0.15, 0.2) is 34.6 Å². The van der Waals surface area contributed by atoms with Crippen LogP contribution in [0.25, 0.3) is 6.08 Å². The van der Waals surface area contributed by atoms with E-state index in [1.165, 1.54) is 12.1 Å². The van der Waals surface area contributed by atoms with Gasteiger partial charge in [0.25, 0.3) is 0 Å². The lowest BCUT2D eigenvalue weighted by atomic mass is 9.77. The summed E-state index contributed by atoms with van der Waals surface area (Å²) in [5.74, 6) is 0. The van der Waals surface area contributed by atoms with E-state index in [1.807, 2.05) is 27.7 Å². The first-order valence-corrected chi connectivity index (χ1v) is 8.81. The largest absolute Gasteiger partial charge is 0.492 e. The number of hydrogen-bond donors (Lipinski definition) is 2. The van der Waals surface area contributed by atoms with Crippen molar-refractivity contribution in [2.75, 3.05) is 6.61 Å². The van der Waals surface area contributed by atoms with Crippen LogP contribution in [0.5, 0.6) is 0 Å². The molecule has 0 spiro atoms. The number of hydrogen-bond acceptors (Lipinski definition) is 5. The average Bonchev–Trinajstić information content (AvgIpc) is 2.64. The summed E-state index contributed by atoms with van der Waals surface area (Å²) in [6.45, 7) is 7.41. The van der Waals surface area contributed by atoms with Crippen LogP contribution in [0.1, 0.15) is 33.3 Å². The molecule has 0 aromatic heterocycles. The third kappa shape index (κ3) is 3.84. The van der Waals surface area contributed by atoms with Gasteiger partial charge in [0, 0.05) is 0 Å². The van der Waals surface area contributed by atoms with Crippen LogP contribution in [-0.4, -0.2) is 38.5 Å². The van der Waals surface area contributed by atoms with Crippen molar-refractivity contribution in [3.8, 4) is 0 Å². The van der Waals surface area contributed by atoms with Crippen molar-refractivity contribution < 1.29 is 22.8 Å². The Labute approximate surface area is 137 Å². The molecule has 1 fully saturated rings. The molecule has 0 radical (unpaired) electrons. The number of primary sulfonamides is 1. The van der Waals surface area contributed by atoms with Crippen molar-refractivity contribution in [1.29, 1.82) is 0 Å². The second kappa shape index (κ2) is 6.03. The fraction of sp³-hybridized carbons (Fsp3) is 0.467. The van der Waals surface area contributed by atoms with E-state index in [1.54, 1.807) is 18.2 Å². The van der Waals surface area contributed by atoms with Crippen molar-refractivity contribution in [1.82, 2.24) is 0 Å². The highest BCUT2D eigenvalue weighted by Gasteiger charge is 2.52. The Bertz CT molecular complexity index is 711. The number of aliphatic hydroxyl groups is 1. The molecule has 1 aliphatic rings. The minimum Gasteiger partial charge on any atom is -0.400 e. The predicted molar refractivity (Wildman–Crippen MR) is 89.0 cm³/mol. The first-order valence-electron chi connectivity index (χ1n) is 7.26. The molecule has 8 heteroatoms. The molecule has 0 unspecified atom stereocenters. The average molecular weight is 339 g/mol. The molecule has 0 amide bonds. The van der Waals surface area contributed by atoms with Gasteiger partial charge in [0.15, 0.2) is 0 Å². The van der Waals surface area contributed by atoms with Crippen LogP contribution >= 0.6 is 0 Å². The summed E-state index contributed by atoms with van der Waals surface area (Å²) in [5, 5.41) is 14.8. The Morgan fingerprint density at radius 1 is 1.26 bits per heavy atom. The molecule has 0 saturated carbocycles. The molecule has 0 atom stereocenters. The molecule has 126 valence electrons. The summed E-state index contributed by atoms with van der Waals surface area (Å²) < 4.78 is 34.6. The lowest BCUT2D eigenvalue weighted by Gasteiger charge is -2.32. The van der Waals surface area contributed by atoms with Gasteiger partial charge in [-0.3, -0.25) is 0 Å². The zero-order chi connectivity index (χ0) is 17.5. The molecule has 2 rings (SSSR count). The third-order valence-corrected chi connectivity index (χ3v) is 5.19. The van der Waals surface area contributed by atoms with Gasteiger partial charge in [0.2, 0.25) is 10.0 Å². The molecule has 3 N–H and O–H groups in total. The molecule has 1 saturated heterocycles. The normalized spacial score (nSPS) is 20.8. The molecule has 1 heterocycles. The zero-order valence-corrected chi connectivity index (χ0v) is 14.6. The van der Waals surface area contributed by atoms with Gasteiger partial charge in [-0.05, 0) is 50.9 Å². The van der Waals surface area contributed by atoms with Crippen LogP contribution in [0, 0.1) is 0 Å². The molecular formula is C15H22BNO5S.